The summed E-state index contributed by atoms with van der Waals surface area (Å²) in [5.74, 6) is 0. The summed E-state index contributed by atoms with van der Waals surface area (Å²) < 4.78 is 52.2. The van der Waals surface area contributed by atoms with Crippen LogP contribution in [0.15, 0.2) is 79.1 Å². The SMILES string of the molecule is [2H]C(Nc1cc(C#N)c2ncc(C#N)c(NC(CC)c3ccccc3)c2c1)(c1cn(C2(C(F)(F)F)CC2)nn1)c1ccccc1Cl. The maximum atomic E-state index is 13.9. The molecule has 226 valence electrons. The number of fused-ring (bicyclic) bond motifs is 1. The van der Waals surface area contributed by atoms with Gasteiger partial charge in [0.15, 0.2) is 5.54 Å². The van der Waals surface area contributed by atoms with E-state index in [9.17, 15) is 25.1 Å². The number of nitrogens with zero attached hydrogens (tertiary/aromatic N) is 6. The molecule has 1 aliphatic carbocycles. The van der Waals surface area contributed by atoms with Gasteiger partial charge in [0.2, 0.25) is 0 Å². The molecule has 5 aromatic rings. The van der Waals surface area contributed by atoms with Crippen molar-refractivity contribution >= 4 is 33.9 Å². The lowest BCUT2D eigenvalue weighted by atomic mass is 10.00. The van der Waals surface area contributed by atoms with E-state index in [0.717, 1.165) is 16.4 Å². The Morgan fingerprint density at radius 1 is 1.04 bits per heavy atom. The van der Waals surface area contributed by atoms with Crippen LogP contribution in [0, 0.1) is 22.7 Å². The molecular formula is C33H26ClF3N8. The molecule has 0 spiro atoms. The van der Waals surface area contributed by atoms with E-state index in [0.29, 0.717) is 23.0 Å². The molecule has 45 heavy (non-hydrogen) atoms. The van der Waals surface area contributed by atoms with Gasteiger partial charge in [-0.25, -0.2) is 4.68 Å². The van der Waals surface area contributed by atoms with Gasteiger partial charge in [0, 0.05) is 22.3 Å². The van der Waals surface area contributed by atoms with Gasteiger partial charge in [-0.3, -0.25) is 4.98 Å². The molecule has 6 rings (SSSR count). The second-order valence-corrected chi connectivity index (χ2v) is 11.2. The maximum absolute atomic E-state index is 13.9. The minimum absolute atomic E-state index is 0.132. The Labute approximate surface area is 263 Å². The molecule has 3 aromatic carbocycles. The molecule has 0 saturated heterocycles. The molecule has 2 aromatic heterocycles. The van der Waals surface area contributed by atoms with Gasteiger partial charge < -0.3 is 10.6 Å². The smallest absolute Gasteiger partial charge is 0.377 e. The molecule has 1 aliphatic rings. The highest BCUT2D eigenvalue weighted by atomic mass is 35.5. The first-order chi connectivity index (χ1) is 22.0. The third-order valence-electron chi connectivity index (χ3n) is 7.99. The number of nitrogens with one attached hydrogen (secondary N) is 2. The number of benzene rings is 3. The average molecular weight is 628 g/mol. The summed E-state index contributed by atoms with van der Waals surface area (Å²) in [7, 11) is 0. The van der Waals surface area contributed by atoms with Gasteiger partial charge in [-0.1, -0.05) is 72.3 Å². The Morgan fingerprint density at radius 3 is 2.40 bits per heavy atom. The zero-order chi connectivity index (χ0) is 32.7. The van der Waals surface area contributed by atoms with Crippen molar-refractivity contribution in [2.24, 2.45) is 0 Å². The minimum Gasteiger partial charge on any atom is -0.377 e. The summed E-state index contributed by atoms with van der Waals surface area (Å²) in [4.78, 5) is 4.40. The molecule has 2 unspecified atom stereocenters. The maximum Gasteiger partial charge on any atom is 0.413 e. The number of hydrogen-bond acceptors (Lipinski definition) is 7. The molecule has 0 bridgehead atoms. The molecule has 2 N–H and O–H groups in total. The Bertz CT molecular complexity index is 2010. The zero-order valence-corrected chi connectivity index (χ0v) is 24.7. The van der Waals surface area contributed by atoms with E-state index in [1.807, 2.05) is 37.3 Å². The molecule has 1 fully saturated rings. The predicted molar refractivity (Wildman–Crippen MR) is 164 cm³/mol. The molecule has 0 aliphatic heterocycles. The van der Waals surface area contributed by atoms with Crippen LogP contribution in [0.3, 0.4) is 0 Å². The highest BCUT2D eigenvalue weighted by molar-refractivity contribution is 6.31. The molecule has 12 heteroatoms. The van der Waals surface area contributed by atoms with Crippen LogP contribution in [0.4, 0.5) is 24.5 Å². The summed E-state index contributed by atoms with van der Waals surface area (Å²) in [6, 6.07) is 21.4. The van der Waals surface area contributed by atoms with Gasteiger partial charge in [0.25, 0.3) is 0 Å². The van der Waals surface area contributed by atoms with E-state index >= 15 is 0 Å². The van der Waals surface area contributed by atoms with E-state index in [1.165, 1.54) is 12.3 Å². The minimum atomic E-state index is -4.55. The molecule has 1 saturated carbocycles. The van der Waals surface area contributed by atoms with Crippen LogP contribution in [0.1, 0.15) is 67.6 Å². The normalized spacial score (nSPS) is 16.1. The van der Waals surface area contributed by atoms with E-state index in [1.54, 1.807) is 30.3 Å². The van der Waals surface area contributed by atoms with Gasteiger partial charge in [0.1, 0.15) is 17.8 Å². The van der Waals surface area contributed by atoms with Crippen molar-refractivity contribution in [2.75, 3.05) is 10.6 Å². The van der Waals surface area contributed by atoms with Crippen molar-refractivity contribution in [3.8, 4) is 12.1 Å². The van der Waals surface area contributed by atoms with Crippen LogP contribution in [-0.4, -0.2) is 26.2 Å². The van der Waals surface area contributed by atoms with Gasteiger partial charge in [-0.15, -0.1) is 5.10 Å². The standard InChI is InChI=1S/C33H26ClF3N8/c1-2-27(20-8-4-3-5-9-20)42-30-22(17-39)18-40-29-21(16-38)14-23(15-25(29)30)41-31(24-10-6-7-11-26(24)34)28-19-45(44-43-28)32(12-13-32)33(35,36)37/h3-11,14-15,18-19,27,31,41H,2,12-13H2,1H3,(H,40,42)/i31D. The number of hydrogen-bond donors (Lipinski definition) is 2. The van der Waals surface area contributed by atoms with Gasteiger partial charge >= 0.3 is 6.18 Å². The highest BCUT2D eigenvalue weighted by Crippen LogP contribution is 2.55. The average Bonchev–Trinajstić information content (AvgIpc) is 3.73. The van der Waals surface area contributed by atoms with Crippen molar-refractivity contribution in [1.29, 1.82) is 10.5 Å². The predicted octanol–water partition coefficient (Wildman–Crippen LogP) is 8.04. The zero-order valence-electron chi connectivity index (χ0n) is 24.9. The largest absolute Gasteiger partial charge is 0.413 e. The quantitative estimate of drug-likeness (QED) is 0.170. The fraction of sp³-hybridized carbons (Fsp3) is 0.242. The van der Waals surface area contributed by atoms with Crippen LogP contribution in [0.2, 0.25) is 5.02 Å². The fourth-order valence-electron chi connectivity index (χ4n) is 5.41. The van der Waals surface area contributed by atoms with Gasteiger partial charge in [-0.2, -0.15) is 23.7 Å². The number of halogens is 4. The summed E-state index contributed by atoms with van der Waals surface area (Å²) >= 11 is 6.55. The number of anilines is 2. The van der Waals surface area contributed by atoms with Crippen molar-refractivity contribution < 1.29 is 14.5 Å². The number of aromatic nitrogens is 4. The second-order valence-electron chi connectivity index (χ2n) is 10.8. The Hall–Kier alpha value is -5.13. The molecule has 2 atom stereocenters. The third-order valence-corrected chi connectivity index (χ3v) is 8.32. The molecular weight excluding hydrogens is 601 g/mol. The Kier molecular flexibility index (Phi) is 7.48. The monoisotopic (exact) mass is 627 g/mol. The molecule has 8 nitrogen and oxygen atoms in total. The van der Waals surface area contributed by atoms with Crippen LogP contribution >= 0.6 is 11.6 Å². The number of rotatable bonds is 9. The van der Waals surface area contributed by atoms with Crippen LogP contribution in [-0.2, 0) is 5.54 Å². The van der Waals surface area contributed by atoms with Crippen molar-refractivity contribution in [3.63, 3.8) is 0 Å². The highest BCUT2D eigenvalue weighted by Gasteiger charge is 2.66. The summed E-state index contributed by atoms with van der Waals surface area (Å²) in [6.45, 7) is 2.00. The molecule has 0 radical (unpaired) electrons. The summed E-state index contributed by atoms with van der Waals surface area (Å²) in [5.41, 5.74) is 0.316. The number of alkyl halides is 3. The fourth-order valence-corrected chi connectivity index (χ4v) is 5.64. The molecule has 2 heterocycles. The van der Waals surface area contributed by atoms with Crippen molar-refractivity contribution in [2.45, 2.75) is 50.0 Å². The lowest BCUT2D eigenvalue weighted by Crippen LogP contribution is -2.35. The third kappa shape index (κ3) is 5.52. The Morgan fingerprint density at radius 2 is 1.76 bits per heavy atom. The molecule has 0 amide bonds. The Balaban J connectivity index is 1.50. The van der Waals surface area contributed by atoms with Crippen molar-refractivity contribution in [3.05, 3.63) is 112 Å². The first kappa shape index (κ1) is 28.6. The lowest BCUT2D eigenvalue weighted by molar-refractivity contribution is -0.182. The number of nitriles is 2. The topological polar surface area (TPSA) is 115 Å². The van der Waals surface area contributed by atoms with Crippen LogP contribution in [0.5, 0.6) is 0 Å². The van der Waals surface area contributed by atoms with Gasteiger partial charge in [0.05, 0.1) is 42.0 Å². The van der Waals surface area contributed by atoms with Crippen LogP contribution < -0.4 is 10.6 Å². The lowest BCUT2D eigenvalue weighted by Gasteiger charge is -2.23. The van der Waals surface area contributed by atoms with E-state index in [4.69, 9.17) is 11.6 Å². The van der Waals surface area contributed by atoms with Crippen molar-refractivity contribution in [1.82, 2.24) is 20.0 Å². The van der Waals surface area contributed by atoms with Gasteiger partial charge in [-0.05, 0) is 48.6 Å². The summed E-state index contributed by atoms with van der Waals surface area (Å²) in [6.07, 6.45) is -1.65. The van der Waals surface area contributed by atoms with Crippen LogP contribution in [0.25, 0.3) is 10.9 Å². The van der Waals surface area contributed by atoms with E-state index in [-0.39, 0.29) is 52.0 Å². The van der Waals surface area contributed by atoms with E-state index < -0.39 is 17.7 Å². The first-order valence-corrected chi connectivity index (χ1v) is 14.5. The first-order valence-electron chi connectivity index (χ1n) is 14.7. The summed E-state index contributed by atoms with van der Waals surface area (Å²) in [5, 5.41) is 35.1. The number of pyridine rings is 1. The second kappa shape index (κ2) is 11.8. The van der Waals surface area contributed by atoms with E-state index in [2.05, 4.69) is 38.1 Å².